The second-order valence-corrected chi connectivity index (χ2v) is 15.0. The van der Waals surface area contributed by atoms with Crippen molar-refractivity contribution in [2.75, 3.05) is 17.8 Å². The zero-order valence-corrected chi connectivity index (χ0v) is 26.5. The molecule has 1 atom stereocenters. The van der Waals surface area contributed by atoms with Gasteiger partial charge in [-0.2, -0.15) is 0 Å². The molecule has 8 nitrogen and oxygen atoms in total. The Morgan fingerprint density at radius 3 is 2.40 bits per heavy atom. The third-order valence-corrected chi connectivity index (χ3v) is 11.0. The lowest BCUT2D eigenvalue weighted by molar-refractivity contribution is -0.0313. The lowest BCUT2D eigenvalue weighted by atomic mass is 9.60. The van der Waals surface area contributed by atoms with Crippen LogP contribution in [0.25, 0.3) is 11.3 Å². The van der Waals surface area contributed by atoms with E-state index in [-0.39, 0.29) is 28.8 Å². The van der Waals surface area contributed by atoms with Gasteiger partial charge in [-0.15, -0.1) is 0 Å². The topological polar surface area (TPSA) is 104 Å². The summed E-state index contributed by atoms with van der Waals surface area (Å²) in [5, 5.41) is 3.48. The molecule has 4 bridgehead atoms. The average Bonchev–Trinajstić information content (AvgIpc) is 2.95. The van der Waals surface area contributed by atoms with Crippen molar-refractivity contribution in [3.05, 3.63) is 70.9 Å². The molecule has 3 aliphatic rings. The van der Waals surface area contributed by atoms with Crippen molar-refractivity contribution in [2.24, 2.45) is 11.3 Å². The molecule has 1 spiro atoms. The van der Waals surface area contributed by atoms with E-state index < -0.39 is 10.0 Å². The van der Waals surface area contributed by atoms with Gasteiger partial charge in [0.2, 0.25) is 5.95 Å². The monoisotopic (exact) mass is 601 g/mol. The molecule has 0 unspecified atom stereocenters. The summed E-state index contributed by atoms with van der Waals surface area (Å²) in [6.45, 7) is 10.6. The van der Waals surface area contributed by atoms with Gasteiger partial charge in [0.15, 0.2) is 0 Å². The Bertz CT molecular complexity index is 1600. The van der Waals surface area contributed by atoms with Gasteiger partial charge in [0, 0.05) is 28.9 Å². The van der Waals surface area contributed by atoms with Crippen LogP contribution in [0.1, 0.15) is 79.6 Å². The van der Waals surface area contributed by atoms with Crippen molar-refractivity contribution >= 4 is 21.9 Å². The molecule has 3 aromatic rings. The first-order chi connectivity index (χ1) is 20.5. The molecule has 1 aliphatic carbocycles. The molecule has 2 fully saturated rings. The van der Waals surface area contributed by atoms with Gasteiger partial charge in [-0.3, -0.25) is 4.79 Å². The lowest BCUT2D eigenvalue weighted by Gasteiger charge is -2.55. The third kappa shape index (κ3) is 6.07. The quantitative estimate of drug-likeness (QED) is 0.386. The molecular formula is C34H43N5O3S. The van der Waals surface area contributed by atoms with E-state index in [4.69, 9.17) is 9.97 Å². The number of amides is 1. The van der Waals surface area contributed by atoms with Gasteiger partial charge in [-0.25, -0.2) is 23.1 Å². The van der Waals surface area contributed by atoms with Crippen LogP contribution in [0.5, 0.6) is 0 Å². The number of benzene rings is 2. The SMILES string of the molecule is Cc1cccc(C)c1-c1cc2nc(n1)NS(=O)(=O)c1cccc(c1)C(=O)N(C1CC3(CCNCC3)C1)[C@H](CC(C)C)CC2. The number of aromatic nitrogens is 2. The van der Waals surface area contributed by atoms with Crippen LogP contribution in [0.4, 0.5) is 5.95 Å². The van der Waals surface area contributed by atoms with Crippen molar-refractivity contribution < 1.29 is 13.2 Å². The van der Waals surface area contributed by atoms with Gasteiger partial charge in [0.25, 0.3) is 15.9 Å². The standard InChI is InChI=1S/C34H43N5O3S/c1-22(2)17-27-12-11-26-19-30(31-23(3)7-5-8-24(31)4)37-33(36-26)38-43(41,42)29-10-6-9-25(18-29)32(40)39(27)28-20-34(21-28)13-15-35-16-14-34/h5-10,18-19,22,27-28,35H,11-17,20-21H2,1-4H3,(H,36,37,38)/t27-/m0/s1. The average molecular weight is 602 g/mol. The number of nitrogens with zero attached hydrogens (tertiary/aromatic N) is 3. The second kappa shape index (κ2) is 11.7. The smallest absolute Gasteiger partial charge is 0.264 e. The molecule has 1 amide bonds. The number of anilines is 1. The van der Waals surface area contributed by atoms with E-state index in [2.05, 4.69) is 28.8 Å². The van der Waals surface area contributed by atoms with Crippen LogP contribution in [-0.4, -0.2) is 54.4 Å². The van der Waals surface area contributed by atoms with E-state index in [1.54, 1.807) is 12.1 Å². The Kier molecular flexibility index (Phi) is 8.07. The minimum absolute atomic E-state index is 0.00704. The van der Waals surface area contributed by atoms with E-state index in [9.17, 15) is 13.2 Å². The maximum atomic E-state index is 14.4. The summed E-state index contributed by atoms with van der Waals surface area (Å²) >= 11 is 0. The summed E-state index contributed by atoms with van der Waals surface area (Å²) in [6, 6.07) is 14.7. The van der Waals surface area contributed by atoms with Crippen LogP contribution in [0.3, 0.4) is 0 Å². The number of hydrogen-bond acceptors (Lipinski definition) is 6. The fourth-order valence-corrected chi connectivity index (χ4v) is 8.49. The van der Waals surface area contributed by atoms with E-state index >= 15 is 0 Å². The van der Waals surface area contributed by atoms with Crippen molar-refractivity contribution in [3.8, 4) is 11.3 Å². The van der Waals surface area contributed by atoms with Crippen LogP contribution in [0.15, 0.2) is 53.4 Å². The minimum atomic E-state index is -4.04. The molecule has 1 aromatic heterocycles. The lowest BCUT2D eigenvalue weighted by Crippen LogP contribution is -2.58. The maximum absolute atomic E-state index is 14.4. The first-order valence-electron chi connectivity index (χ1n) is 15.6. The van der Waals surface area contributed by atoms with Gasteiger partial charge >= 0.3 is 0 Å². The molecule has 1 saturated heterocycles. The van der Waals surface area contributed by atoms with Gasteiger partial charge in [-0.1, -0.05) is 38.1 Å². The van der Waals surface area contributed by atoms with Crippen LogP contribution in [0, 0.1) is 25.2 Å². The first kappa shape index (κ1) is 29.8. The number of carbonyl (C=O) groups excluding carboxylic acids is 1. The third-order valence-electron chi connectivity index (χ3n) is 9.63. The van der Waals surface area contributed by atoms with Crippen molar-refractivity contribution in [2.45, 2.75) is 89.6 Å². The normalized spacial score (nSPS) is 21.8. The van der Waals surface area contributed by atoms with Crippen LogP contribution >= 0.6 is 0 Å². The summed E-state index contributed by atoms with van der Waals surface area (Å²) in [7, 11) is -4.04. The molecule has 228 valence electrons. The summed E-state index contributed by atoms with van der Waals surface area (Å²) in [5.41, 5.74) is 5.28. The largest absolute Gasteiger partial charge is 0.333 e. The fraction of sp³-hybridized carbons (Fsp3) is 0.500. The summed E-state index contributed by atoms with van der Waals surface area (Å²) in [6.07, 6.45) is 6.51. The summed E-state index contributed by atoms with van der Waals surface area (Å²) in [5.74, 6) is 0.364. The van der Waals surface area contributed by atoms with Crippen molar-refractivity contribution in [3.63, 3.8) is 0 Å². The highest BCUT2D eigenvalue weighted by Crippen LogP contribution is 2.51. The second-order valence-electron chi connectivity index (χ2n) is 13.3. The van der Waals surface area contributed by atoms with Crippen molar-refractivity contribution in [1.82, 2.24) is 20.2 Å². The zero-order valence-electron chi connectivity index (χ0n) is 25.7. The molecule has 3 heterocycles. The Labute approximate surface area is 255 Å². The first-order valence-corrected chi connectivity index (χ1v) is 17.1. The van der Waals surface area contributed by atoms with E-state index in [0.29, 0.717) is 29.0 Å². The predicted molar refractivity (Wildman–Crippen MR) is 169 cm³/mol. The number of carbonyl (C=O) groups is 1. The Morgan fingerprint density at radius 2 is 1.70 bits per heavy atom. The highest BCUT2D eigenvalue weighted by molar-refractivity contribution is 7.92. The summed E-state index contributed by atoms with van der Waals surface area (Å²) < 4.78 is 29.9. The molecule has 2 N–H and O–H groups in total. The molecule has 0 radical (unpaired) electrons. The molecule has 6 rings (SSSR count). The van der Waals surface area contributed by atoms with Gasteiger partial charge in [0.1, 0.15) is 0 Å². The van der Waals surface area contributed by atoms with Crippen LogP contribution in [0.2, 0.25) is 0 Å². The highest BCUT2D eigenvalue weighted by atomic mass is 32.2. The molecule has 1 saturated carbocycles. The van der Waals surface area contributed by atoms with Crippen LogP contribution < -0.4 is 10.0 Å². The molecule has 2 aliphatic heterocycles. The van der Waals surface area contributed by atoms with E-state index in [1.165, 1.54) is 12.1 Å². The number of fused-ring (bicyclic) bond motifs is 4. The number of sulfonamides is 1. The maximum Gasteiger partial charge on any atom is 0.264 e. The number of hydrogen-bond donors (Lipinski definition) is 2. The molecule has 43 heavy (non-hydrogen) atoms. The minimum Gasteiger partial charge on any atom is -0.333 e. The van der Waals surface area contributed by atoms with Crippen molar-refractivity contribution in [1.29, 1.82) is 0 Å². The predicted octanol–water partition coefficient (Wildman–Crippen LogP) is 5.90. The van der Waals surface area contributed by atoms with Gasteiger partial charge < -0.3 is 10.2 Å². The van der Waals surface area contributed by atoms with Gasteiger partial charge in [0.05, 0.1) is 10.6 Å². The van der Waals surface area contributed by atoms with E-state index in [1.807, 2.05) is 38.1 Å². The number of piperidine rings is 1. The zero-order chi connectivity index (χ0) is 30.4. The number of nitrogens with one attached hydrogen (secondary N) is 2. The fourth-order valence-electron chi connectivity index (χ4n) is 7.50. The highest BCUT2D eigenvalue weighted by Gasteiger charge is 2.49. The number of aryl methyl sites for hydroxylation is 3. The van der Waals surface area contributed by atoms with Gasteiger partial charge in [-0.05, 0) is 119 Å². The Balaban J connectivity index is 1.45. The number of rotatable bonds is 4. The van der Waals surface area contributed by atoms with Crippen LogP contribution in [-0.2, 0) is 16.4 Å². The summed E-state index contributed by atoms with van der Waals surface area (Å²) in [4.78, 5) is 26.0. The molecule has 9 heteroatoms. The Hall–Kier alpha value is -3.30. The van der Waals surface area contributed by atoms with E-state index in [0.717, 1.165) is 74.0 Å². The molecule has 2 aromatic carbocycles. The Morgan fingerprint density at radius 1 is 1.00 bits per heavy atom. The molecular weight excluding hydrogens is 558 g/mol.